The van der Waals surface area contributed by atoms with Crippen LogP contribution in [0.3, 0.4) is 0 Å². The van der Waals surface area contributed by atoms with E-state index in [-0.39, 0.29) is 18.1 Å². The van der Waals surface area contributed by atoms with E-state index in [2.05, 4.69) is 14.9 Å². The van der Waals surface area contributed by atoms with Gasteiger partial charge in [0, 0.05) is 0 Å². The molecule has 0 spiro atoms. The number of hydrogen-bond donors (Lipinski definition) is 0. The second-order valence-electron chi connectivity index (χ2n) is 4.64. The highest BCUT2D eigenvalue weighted by atomic mass is 32.1. The topological polar surface area (TPSA) is 74.5 Å². The van der Waals surface area contributed by atoms with Gasteiger partial charge in [-0.25, -0.2) is 4.79 Å². The number of alkyl halides is 3. The third kappa shape index (κ3) is 4.57. The Morgan fingerprint density at radius 1 is 1.20 bits per heavy atom. The summed E-state index contributed by atoms with van der Waals surface area (Å²) in [5.74, 6) is -0.681. The molecule has 0 aliphatic rings. The molecule has 25 heavy (non-hydrogen) atoms. The first-order chi connectivity index (χ1) is 11.9. The number of carbonyl (C=O) groups excluding carboxylic acids is 1. The summed E-state index contributed by atoms with van der Waals surface area (Å²) < 4.78 is 49.9. The Labute approximate surface area is 142 Å². The molecule has 3 rings (SSSR count). The van der Waals surface area contributed by atoms with Gasteiger partial charge >= 0.3 is 12.3 Å². The van der Waals surface area contributed by atoms with Crippen molar-refractivity contribution in [2.24, 2.45) is 0 Å². The molecule has 10 heteroatoms. The van der Waals surface area contributed by atoms with Gasteiger partial charge in [0.15, 0.2) is 6.61 Å². The molecule has 0 bridgehead atoms. The number of hydrogen-bond acceptors (Lipinski definition) is 7. The first-order valence-corrected chi connectivity index (χ1v) is 7.68. The molecular weight excluding hydrogens is 361 g/mol. The molecule has 0 unspecified atom stereocenters. The van der Waals surface area contributed by atoms with E-state index in [9.17, 15) is 18.0 Å². The minimum absolute atomic E-state index is 0.0625. The fourth-order valence-electron chi connectivity index (χ4n) is 1.82. The fraction of sp³-hybridized carbons (Fsp3) is 0.133. The quantitative estimate of drug-likeness (QED) is 0.631. The van der Waals surface area contributed by atoms with Crippen molar-refractivity contribution in [3.63, 3.8) is 0 Å². The van der Waals surface area contributed by atoms with Crippen molar-refractivity contribution < 1.29 is 32.0 Å². The van der Waals surface area contributed by atoms with Gasteiger partial charge in [-0.15, -0.1) is 24.5 Å². The zero-order chi connectivity index (χ0) is 17.9. The second-order valence-corrected chi connectivity index (χ2v) is 5.59. The summed E-state index contributed by atoms with van der Waals surface area (Å²) >= 11 is 1.43. The standard InChI is InChI=1S/C15H9F3N2O4S/c16-15(17,18)23-10-5-3-9(4-6-10)14(21)22-8-12-19-13(20-24-12)11-2-1-7-25-11/h1-7H,8H2. The van der Waals surface area contributed by atoms with Gasteiger partial charge in [0.1, 0.15) is 5.75 Å². The molecule has 6 nitrogen and oxygen atoms in total. The summed E-state index contributed by atoms with van der Waals surface area (Å²) in [4.78, 5) is 16.8. The van der Waals surface area contributed by atoms with Crippen LogP contribution in [0.2, 0.25) is 0 Å². The Hall–Kier alpha value is -2.88. The SMILES string of the molecule is O=C(OCc1nc(-c2cccs2)no1)c1ccc(OC(F)(F)F)cc1. The highest BCUT2D eigenvalue weighted by Crippen LogP contribution is 2.23. The summed E-state index contributed by atoms with van der Waals surface area (Å²) in [6, 6.07) is 8.01. The third-order valence-electron chi connectivity index (χ3n) is 2.86. The van der Waals surface area contributed by atoms with Crippen molar-refractivity contribution in [1.82, 2.24) is 10.1 Å². The van der Waals surface area contributed by atoms with E-state index in [1.165, 1.54) is 11.3 Å². The lowest BCUT2D eigenvalue weighted by Gasteiger charge is -2.08. The van der Waals surface area contributed by atoms with Gasteiger partial charge in [0.25, 0.3) is 5.89 Å². The number of aromatic nitrogens is 2. The molecule has 0 fully saturated rings. The predicted molar refractivity (Wildman–Crippen MR) is 79.9 cm³/mol. The van der Waals surface area contributed by atoms with Gasteiger partial charge in [0.05, 0.1) is 10.4 Å². The summed E-state index contributed by atoms with van der Waals surface area (Å²) in [5, 5.41) is 5.62. The first-order valence-electron chi connectivity index (χ1n) is 6.80. The lowest BCUT2D eigenvalue weighted by molar-refractivity contribution is -0.274. The van der Waals surface area contributed by atoms with Gasteiger partial charge in [-0.1, -0.05) is 11.2 Å². The van der Waals surface area contributed by atoms with Gasteiger partial charge in [0.2, 0.25) is 5.82 Å². The van der Waals surface area contributed by atoms with E-state index < -0.39 is 18.1 Å². The Morgan fingerprint density at radius 3 is 2.60 bits per heavy atom. The molecule has 1 aromatic carbocycles. The average molecular weight is 370 g/mol. The Bertz CT molecular complexity index is 845. The van der Waals surface area contributed by atoms with E-state index in [1.54, 1.807) is 0 Å². The largest absolute Gasteiger partial charge is 0.573 e. The minimum Gasteiger partial charge on any atom is -0.452 e. The highest BCUT2D eigenvalue weighted by Gasteiger charge is 2.31. The second kappa shape index (κ2) is 6.93. The van der Waals surface area contributed by atoms with Crippen LogP contribution in [-0.4, -0.2) is 22.5 Å². The zero-order valence-corrected chi connectivity index (χ0v) is 13.1. The Kier molecular flexibility index (Phi) is 4.70. The third-order valence-corrected chi connectivity index (χ3v) is 3.73. The maximum atomic E-state index is 12.1. The van der Waals surface area contributed by atoms with Crippen LogP contribution in [0.25, 0.3) is 10.7 Å². The molecule has 0 N–H and O–H groups in total. The van der Waals surface area contributed by atoms with Crippen molar-refractivity contribution >= 4 is 17.3 Å². The van der Waals surface area contributed by atoms with E-state index in [4.69, 9.17) is 9.26 Å². The molecule has 2 heterocycles. The minimum atomic E-state index is -4.79. The monoisotopic (exact) mass is 370 g/mol. The fourth-order valence-corrected chi connectivity index (χ4v) is 2.47. The van der Waals surface area contributed by atoms with E-state index >= 15 is 0 Å². The summed E-state index contributed by atoms with van der Waals surface area (Å²) in [6.45, 7) is -0.252. The van der Waals surface area contributed by atoms with Crippen molar-refractivity contribution in [1.29, 1.82) is 0 Å². The normalized spacial score (nSPS) is 11.3. The van der Waals surface area contributed by atoms with E-state index in [0.717, 1.165) is 29.1 Å². The number of thiophene rings is 1. The van der Waals surface area contributed by atoms with Crippen LogP contribution in [0.5, 0.6) is 5.75 Å². The van der Waals surface area contributed by atoms with Crippen LogP contribution in [0, 0.1) is 0 Å². The van der Waals surface area contributed by atoms with Crippen molar-refractivity contribution in [3.05, 3.63) is 53.2 Å². The first kappa shape index (κ1) is 17.0. The zero-order valence-electron chi connectivity index (χ0n) is 12.3. The average Bonchev–Trinajstić information content (AvgIpc) is 3.23. The summed E-state index contributed by atoms with van der Waals surface area (Å²) in [5.41, 5.74) is 0.0625. The molecule has 0 aliphatic heterocycles. The molecule has 0 saturated carbocycles. The van der Waals surface area contributed by atoms with Crippen LogP contribution >= 0.6 is 11.3 Å². The smallest absolute Gasteiger partial charge is 0.452 e. The lowest BCUT2D eigenvalue weighted by Crippen LogP contribution is -2.17. The molecule has 0 atom stereocenters. The molecule has 0 radical (unpaired) electrons. The molecule has 3 aromatic rings. The molecule has 0 amide bonds. The maximum absolute atomic E-state index is 12.1. The molecule has 0 saturated heterocycles. The highest BCUT2D eigenvalue weighted by molar-refractivity contribution is 7.13. The molecule has 130 valence electrons. The van der Waals surface area contributed by atoms with Crippen molar-refractivity contribution in [2.45, 2.75) is 13.0 Å². The maximum Gasteiger partial charge on any atom is 0.573 e. The predicted octanol–water partition coefficient (Wildman–Crippen LogP) is 4.05. The van der Waals surface area contributed by atoms with Crippen LogP contribution < -0.4 is 4.74 Å². The number of rotatable bonds is 5. The number of ether oxygens (including phenoxy) is 2. The van der Waals surface area contributed by atoms with Crippen LogP contribution in [0.4, 0.5) is 13.2 Å². The molecule has 2 aromatic heterocycles. The van der Waals surface area contributed by atoms with Gasteiger partial charge < -0.3 is 14.0 Å². The van der Waals surface area contributed by atoms with Gasteiger partial charge in [-0.05, 0) is 35.7 Å². The number of halogens is 3. The lowest BCUT2D eigenvalue weighted by atomic mass is 10.2. The number of benzene rings is 1. The van der Waals surface area contributed by atoms with Crippen molar-refractivity contribution in [2.75, 3.05) is 0 Å². The molecular formula is C15H9F3N2O4S. The van der Waals surface area contributed by atoms with E-state index in [0.29, 0.717) is 5.82 Å². The number of esters is 1. The Balaban J connectivity index is 1.57. The van der Waals surface area contributed by atoms with Gasteiger partial charge in [-0.3, -0.25) is 0 Å². The van der Waals surface area contributed by atoms with Crippen LogP contribution in [-0.2, 0) is 11.3 Å². The van der Waals surface area contributed by atoms with E-state index in [1.807, 2.05) is 17.5 Å². The Morgan fingerprint density at radius 2 is 1.96 bits per heavy atom. The summed E-state index contributed by atoms with van der Waals surface area (Å²) in [6.07, 6.45) is -4.79. The van der Waals surface area contributed by atoms with Crippen molar-refractivity contribution in [3.8, 4) is 16.5 Å². The van der Waals surface area contributed by atoms with Crippen LogP contribution in [0.15, 0.2) is 46.3 Å². The number of carbonyl (C=O) groups is 1. The summed E-state index contributed by atoms with van der Waals surface area (Å²) in [7, 11) is 0. The van der Waals surface area contributed by atoms with Crippen LogP contribution in [0.1, 0.15) is 16.2 Å². The molecule has 0 aliphatic carbocycles. The van der Waals surface area contributed by atoms with Gasteiger partial charge in [-0.2, -0.15) is 4.98 Å². The number of nitrogens with zero attached hydrogens (tertiary/aromatic N) is 2.